The summed E-state index contributed by atoms with van der Waals surface area (Å²) in [4.78, 5) is 57.1. The third kappa shape index (κ3) is 9.79. The summed E-state index contributed by atoms with van der Waals surface area (Å²) in [5.74, 6) is -1.47. The number of β-lactam (4-membered cyclic amide) rings is 1. The van der Waals surface area contributed by atoms with E-state index >= 15 is 0 Å². The Labute approximate surface area is 337 Å². The van der Waals surface area contributed by atoms with Gasteiger partial charge >= 0.3 is 5.97 Å². The number of benzene rings is 1. The number of nitrogen functional groups attached to an aromatic ring is 1. The third-order valence-corrected chi connectivity index (χ3v) is 10.8. The maximum Gasteiger partial charge on any atom is 0.354 e. The molecule has 3 aliphatic rings. The summed E-state index contributed by atoms with van der Waals surface area (Å²) in [5.41, 5.74) is 10.1. The minimum atomic E-state index is -5.28. The second kappa shape index (κ2) is 18.0. The summed E-state index contributed by atoms with van der Waals surface area (Å²) in [7, 11) is -5.28. The van der Waals surface area contributed by atoms with Crippen molar-refractivity contribution in [3.8, 4) is 16.9 Å². The van der Waals surface area contributed by atoms with Crippen molar-refractivity contribution in [3.63, 3.8) is 0 Å². The Bertz CT molecular complexity index is 2160. The van der Waals surface area contributed by atoms with Gasteiger partial charge < -0.3 is 46.4 Å². The SMILES string of the molecule is CC1(C)[C@H](NC(=O)/C(=N\O[C@](C)(C(=O)O)[C@H]2CCc3cc(-c4ccc(NCCCN)[n+](CC5CNC5)c4)ccc3O2)c2csc(N)n2)C(=O)N1OS(=O)(=O)[O-].O=CO. The molecule has 0 unspecified atom stereocenters. The average Bonchev–Trinajstić information content (AvgIpc) is 3.59. The Morgan fingerprint density at radius 3 is 2.57 bits per heavy atom. The molecule has 2 amide bonds. The maximum atomic E-state index is 13.5. The standard InChI is InChI=1S/C34H43N9O10S2.CH2O2/c1-33(2)28(30(45)43(33)53-55(48,49)50)40-29(44)27(23-18-54-32(36)39-23)41-52-34(3,31(46)47)25-9-6-21-13-20(5-8-24(21)51-25)22-7-10-26(38-12-4-11-35)42(17-22)16-19-14-37-15-19;2-1-3/h5,7-8,10,13,17-19,25,28,37H,4,6,9,11-12,14-16,35H2,1-3H3,(H5,36,39,40,44,46,47,48,49,50);1H,(H,2,3)/b41-27-;/t25-,28-,34+;/m1./s1. The van der Waals surface area contributed by atoms with Crippen LogP contribution < -0.4 is 36.7 Å². The summed E-state index contributed by atoms with van der Waals surface area (Å²) in [6.45, 7) is 7.87. The lowest BCUT2D eigenvalue weighted by atomic mass is 9.84. The van der Waals surface area contributed by atoms with Crippen molar-refractivity contribution in [2.75, 3.05) is 37.2 Å². The summed E-state index contributed by atoms with van der Waals surface area (Å²) in [6.07, 6.45) is 2.59. The molecule has 5 heterocycles. The number of fused-ring (bicyclic) bond motifs is 1. The van der Waals surface area contributed by atoms with Crippen LogP contribution in [-0.2, 0) is 51.7 Å². The first-order valence-corrected chi connectivity index (χ1v) is 20.2. The number of carbonyl (C=O) groups excluding carboxylic acids is 2. The van der Waals surface area contributed by atoms with Gasteiger partial charge in [0.05, 0.1) is 24.8 Å². The fourth-order valence-corrected chi connectivity index (χ4v) is 7.45. The van der Waals surface area contributed by atoms with Crippen LogP contribution in [0.15, 0.2) is 47.1 Å². The Morgan fingerprint density at radius 1 is 1.28 bits per heavy atom. The van der Waals surface area contributed by atoms with Gasteiger partial charge in [-0.15, -0.1) is 11.3 Å². The zero-order valence-electron chi connectivity index (χ0n) is 31.7. The largest absolute Gasteiger partial charge is 0.724 e. The smallest absolute Gasteiger partial charge is 0.354 e. The topological polar surface area (TPSA) is 314 Å². The van der Waals surface area contributed by atoms with Crippen LogP contribution in [0, 0.1) is 5.92 Å². The van der Waals surface area contributed by atoms with E-state index in [0.29, 0.717) is 29.7 Å². The molecule has 2 fully saturated rings. The fraction of sp³-hybridized carbons (Fsp3) is 0.457. The number of hydroxylamine groups is 2. The summed E-state index contributed by atoms with van der Waals surface area (Å²) >= 11 is 0.968. The van der Waals surface area contributed by atoms with Crippen molar-refractivity contribution < 1.29 is 60.8 Å². The summed E-state index contributed by atoms with van der Waals surface area (Å²) in [6, 6.07) is 8.46. The van der Waals surface area contributed by atoms with Gasteiger partial charge in [0, 0.05) is 36.0 Å². The molecule has 0 saturated carbocycles. The number of anilines is 2. The lowest BCUT2D eigenvalue weighted by Gasteiger charge is -2.51. The molecule has 0 spiro atoms. The highest BCUT2D eigenvalue weighted by Crippen LogP contribution is 2.37. The number of pyridine rings is 1. The van der Waals surface area contributed by atoms with Crippen molar-refractivity contribution >= 4 is 62.7 Å². The lowest BCUT2D eigenvalue weighted by Crippen LogP contribution is -2.76. The lowest BCUT2D eigenvalue weighted by molar-refractivity contribution is -0.690. The van der Waals surface area contributed by atoms with Gasteiger partial charge in [0.25, 0.3) is 29.7 Å². The molecule has 23 heteroatoms. The Balaban J connectivity index is 0.00000207. The predicted molar refractivity (Wildman–Crippen MR) is 206 cm³/mol. The van der Waals surface area contributed by atoms with Crippen LogP contribution in [0.2, 0.25) is 0 Å². The number of nitrogens with zero attached hydrogens (tertiary/aromatic N) is 4. The molecule has 3 aromatic rings. The van der Waals surface area contributed by atoms with E-state index in [9.17, 15) is 32.5 Å². The molecule has 6 rings (SSSR count). The highest BCUT2D eigenvalue weighted by atomic mass is 32.3. The minimum absolute atomic E-state index is 0.0592. The number of carboxylic acid groups (broad SMARTS) is 2. The molecule has 0 radical (unpaired) electrons. The van der Waals surface area contributed by atoms with E-state index in [4.69, 9.17) is 30.9 Å². The van der Waals surface area contributed by atoms with Gasteiger partial charge in [0.2, 0.25) is 10.4 Å². The molecule has 2 saturated heterocycles. The number of carboxylic acids is 1. The first kappa shape index (κ1) is 43.7. The number of ether oxygens (including phenoxy) is 1. The predicted octanol–water partition coefficient (Wildman–Crippen LogP) is -0.184. The van der Waals surface area contributed by atoms with Crippen molar-refractivity contribution in [3.05, 3.63) is 53.2 Å². The molecular formula is C35H45N9O12S2. The molecular weight excluding hydrogens is 803 g/mol. The molecule has 58 heavy (non-hydrogen) atoms. The Hall–Kier alpha value is -5.46. The number of amides is 2. The normalized spacial score (nSPS) is 19.8. The van der Waals surface area contributed by atoms with Gasteiger partial charge in [0.15, 0.2) is 16.9 Å². The van der Waals surface area contributed by atoms with Gasteiger partial charge in [-0.1, -0.05) is 11.2 Å². The van der Waals surface area contributed by atoms with E-state index in [2.05, 4.69) is 47.2 Å². The third-order valence-electron chi connectivity index (χ3n) is 9.84. The highest BCUT2D eigenvalue weighted by Gasteiger charge is 2.57. The Kier molecular flexibility index (Phi) is 13.5. The number of rotatable bonds is 16. The highest BCUT2D eigenvalue weighted by molar-refractivity contribution is 7.80. The number of hydrogen-bond acceptors (Lipinski definition) is 17. The Morgan fingerprint density at radius 2 is 1.98 bits per heavy atom. The van der Waals surface area contributed by atoms with E-state index in [-0.39, 0.29) is 23.7 Å². The molecule has 314 valence electrons. The monoisotopic (exact) mass is 847 g/mol. The number of aromatic nitrogens is 2. The zero-order valence-corrected chi connectivity index (χ0v) is 33.4. The van der Waals surface area contributed by atoms with Gasteiger partial charge in [-0.05, 0) is 75.9 Å². The fourth-order valence-electron chi connectivity index (χ4n) is 6.45. The number of oxime groups is 1. The van der Waals surface area contributed by atoms with Crippen molar-refractivity contribution in [2.24, 2.45) is 16.8 Å². The molecule has 2 aromatic heterocycles. The van der Waals surface area contributed by atoms with Gasteiger partial charge in [-0.2, -0.15) is 9.35 Å². The van der Waals surface area contributed by atoms with E-state index in [1.54, 1.807) is 6.07 Å². The van der Waals surface area contributed by atoms with E-state index in [1.165, 1.54) is 26.2 Å². The molecule has 21 nitrogen and oxygen atoms in total. The zero-order chi connectivity index (χ0) is 42.4. The molecule has 0 aliphatic carbocycles. The van der Waals surface area contributed by atoms with Crippen LogP contribution in [0.4, 0.5) is 10.9 Å². The number of nitrogens with two attached hydrogens (primary N) is 2. The summed E-state index contributed by atoms with van der Waals surface area (Å²) < 4.78 is 46.0. The first-order valence-electron chi connectivity index (χ1n) is 18.0. The first-order chi connectivity index (χ1) is 27.4. The van der Waals surface area contributed by atoms with Crippen molar-refractivity contribution in [1.82, 2.24) is 20.7 Å². The van der Waals surface area contributed by atoms with Gasteiger partial charge in [0.1, 0.15) is 17.5 Å². The van der Waals surface area contributed by atoms with Gasteiger partial charge in [-0.25, -0.2) is 22.8 Å². The second-order valence-electron chi connectivity index (χ2n) is 14.3. The van der Waals surface area contributed by atoms with Crippen LogP contribution >= 0.6 is 11.3 Å². The minimum Gasteiger partial charge on any atom is -0.724 e. The van der Waals surface area contributed by atoms with Crippen molar-refractivity contribution in [2.45, 2.75) is 69.9 Å². The van der Waals surface area contributed by atoms with E-state index in [1.807, 2.05) is 18.2 Å². The van der Waals surface area contributed by atoms with E-state index in [0.717, 1.165) is 66.4 Å². The van der Waals surface area contributed by atoms with Crippen LogP contribution in [-0.4, -0.2) is 113 Å². The second-order valence-corrected chi connectivity index (χ2v) is 16.2. The number of hydrogen-bond donors (Lipinski definition) is 7. The van der Waals surface area contributed by atoms with Crippen LogP contribution in [0.25, 0.3) is 11.1 Å². The van der Waals surface area contributed by atoms with Crippen LogP contribution in [0.5, 0.6) is 5.75 Å². The number of thiazole rings is 1. The number of aryl methyl sites for hydroxylation is 1. The number of nitrogens with one attached hydrogen (secondary N) is 3. The van der Waals surface area contributed by atoms with E-state index < -0.39 is 57.2 Å². The molecule has 0 bridgehead atoms. The van der Waals surface area contributed by atoms with Gasteiger partial charge in [-0.3, -0.25) is 19.7 Å². The number of carbonyl (C=O) groups is 4. The van der Waals surface area contributed by atoms with Crippen LogP contribution in [0.3, 0.4) is 0 Å². The quantitative estimate of drug-likeness (QED) is 0.0144. The molecule has 1 aromatic carbocycles. The molecule has 9 N–H and O–H groups in total. The maximum absolute atomic E-state index is 13.5. The molecule has 3 aliphatic heterocycles. The van der Waals surface area contributed by atoms with Crippen molar-refractivity contribution in [1.29, 1.82) is 0 Å². The molecule has 3 atom stereocenters. The number of aliphatic carboxylic acids is 1. The van der Waals surface area contributed by atoms with Crippen LogP contribution in [0.1, 0.15) is 44.9 Å². The average molecular weight is 848 g/mol. The summed E-state index contributed by atoms with van der Waals surface area (Å²) in [5, 5.41) is 32.2.